The summed E-state index contributed by atoms with van der Waals surface area (Å²) in [7, 11) is 0. The zero-order chi connectivity index (χ0) is 10.6. The van der Waals surface area contributed by atoms with Crippen LogP contribution in [0.25, 0.3) is 11.1 Å². The molecule has 0 saturated heterocycles. The van der Waals surface area contributed by atoms with Gasteiger partial charge in [-0.2, -0.15) is 0 Å². The molecule has 3 rings (SSSR count). The Balaban J connectivity index is 2.32. The lowest BCUT2D eigenvalue weighted by atomic mass is 10.1. The van der Waals surface area contributed by atoms with Gasteiger partial charge in [0.15, 0.2) is 11.5 Å². The molecule has 1 aliphatic rings. The molecule has 2 nitrogen and oxygen atoms in total. The van der Waals surface area contributed by atoms with Gasteiger partial charge in [0.2, 0.25) is 0 Å². The average Bonchev–Trinajstić information content (AvgIpc) is 2.94. The summed E-state index contributed by atoms with van der Waals surface area (Å²) in [6.07, 6.45) is 2.46. The van der Waals surface area contributed by atoms with E-state index in [4.69, 9.17) is 4.42 Å². The smallest absolute Gasteiger partial charge is 0.198 e. The predicted molar refractivity (Wildman–Crippen MR) is 63.2 cm³/mol. The molecule has 1 saturated carbocycles. The number of fused-ring (bicyclic) bond motifs is 1. The van der Waals surface area contributed by atoms with Gasteiger partial charge >= 0.3 is 0 Å². The van der Waals surface area contributed by atoms with Gasteiger partial charge in [-0.3, -0.25) is 0 Å². The summed E-state index contributed by atoms with van der Waals surface area (Å²) in [4.78, 5) is 4.60. The zero-order valence-corrected chi connectivity index (χ0v) is 10.4. The summed E-state index contributed by atoms with van der Waals surface area (Å²) in [5.74, 6) is 1.50. The molecule has 3 heteroatoms. The summed E-state index contributed by atoms with van der Waals surface area (Å²) in [5, 5.41) is 0. The molecule has 0 radical (unpaired) electrons. The Bertz CT molecular complexity index is 540. The summed E-state index contributed by atoms with van der Waals surface area (Å²) >= 11 is 3.55. The molecule has 2 aromatic rings. The third-order valence-electron chi connectivity index (χ3n) is 2.99. The number of nitrogens with zero attached hydrogens (tertiary/aromatic N) is 1. The normalized spacial score (nSPS) is 16.2. The lowest BCUT2D eigenvalue weighted by Gasteiger charge is -2.00. The molecule has 1 fully saturated rings. The van der Waals surface area contributed by atoms with Crippen molar-refractivity contribution in [3.63, 3.8) is 0 Å². The van der Waals surface area contributed by atoms with Crippen molar-refractivity contribution >= 4 is 27.0 Å². The second-order valence-corrected chi connectivity index (χ2v) is 5.16. The van der Waals surface area contributed by atoms with Crippen LogP contribution < -0.4 is 0 Å². The summed E-state index contributed by atoms with van der Waals surface area (Å²) in [6, 6.07) is 2.10. The maximum atomic E-state index is 5.83. The van der Waals surface area contributed by atoms with Gasteiger partial charge in [0.05, 0.1) is 0 Å². The van der Waals surface area contributed by atoms with Crippen molar-refractivity contribution in [2.75, 3.05) is 0 Å². The van der Waals surface area contributed by atoms with Crippen LogP contribution in [0.15, 0.2) is 15.0 Å². The third-order valence-corrected chi connectivity index (χ3v) is 3.81. The van der Waals surface area contributed by atoms with E-state index in [0.29, 0.717) is 5.92 Å². The van der Waals surface area contributed by atoms with Crippen LogP contribution in [-0.2, 0) is 0 Å². The van der Waals surface area contributed by atoms with E-state index >= 15 is 0 Å². The Morgan fingerprint density at radius 1 is 1.40 bits per heavy atom. The van der Waals surface area contributed by atoms with E-state index in [9.17, 15) is 0 Å². The molecule has 0 unspecified atom stereocenters. The van der Waals surface area contributed by atoms with E-state index in [1.807, 2.05) is 0 Å². The monoisotopic (exact) mass is 265 g/mol. The number of hydrogen-bond acceptors (Lipinski definition) is 2. The molecule has 1 aliphatic carbocycles. The number of rotatable bonds is 1. The first-order valence-corrected chi connectivity index (χ1v) is 6.02. The van der Waals surface area contributed by atoms with Crippen molar-refractivity contribution in [3.8, 4) is 0 Å². The maximum Gasteiger partial charge on any atom is 0.198 e. The second-order valence-electron chi connectivity index (χ2n) is 4.30. The first kappa shape index (κ1) is 9.40. The highest BCUT2D eigenvalue weighted by atomic mass is 79.9. The van der Waals surface area contributed by atoms with Crippen LogP contribution in [0.2, 0.25) is 0 Å². The molecule has 0 atom stereocenters. The van der Waals surface area contributed by atoms with Crippen molar-refractivity contribution in [3.05, 3.63) is 27.6 Å². The highest BCUT2D eigenvalue weighted by Gasteiger charge is 2.29. The Morgan fingerprint density at radius 3 is 2.80 bits per heavy atom. The van der Waals surface area contributed by atoms with Gasteiger partial charge in [0, 0.05) is 10.4 Å². The van der Waals surface area contributed by atoms with Crippen LogP contribution in [0.5, 0.6) is 0 Å². The van der Waals surface area contributed by atoms with Crippen molar-refractivity contribution in [2.45, 2.75) is 32.6 Å². The molecule has 15 heavy (non-hydrogen) atoms. The maximum absolute atomic E-state index is 5.83. The van der Waals surface area contributed by atoms with E-state index in [0.717, 1.165) is 27.0 Å². The number of aryl methyl sites for hydroxylation is 2. The van der Waals surface area contributed by atoms with Crippen molar-refractivity contribution in [2.24, 2.45) is 0 Å². The topological polar surface area (TPSA) is 26.0 Å². The quantitative estimate of drug-likeness (QED) is 0.777. The number of halogens is 1. The third kappa shape index (κ3) is 1.41. The van der Waals surface area contributed by atoms with Crippen LogP contribution in [0.4, 0.5) is 0 Å². The summed E-state index contributed by atoms with van der Waals surface area (Å²) < 4.78 is 6.94. The number of oxazole rings is 1. The molecule has 0 bridgehead atoms. The number of hydrogen-bond donors (Lipinski definition) is 0. The standard InChI is InChI=1S/C12H12BrNO/c1-6-5-9(13)7(2)10-11(6)15-12(14-10)8-3-4-8/h5,8H,3-4H2,1-2H3. The van der Waals surface area contributed by atoms with Crippen molar-refractivity contribution < 1.29 is 4.42 Å². The molecule has 0 spiro atoms. The Labute approximate surface area is 96.8 Å². The van der Waals surface area contributed by atoms with Gasteiger partial charge < -0.3 is 4.42 Å². The van der Waals surface area contributed by atoms with E-state index in [1.54, 1.807) is 0 Å². The molecule has 1 aromatic heterocycles. The van der Waals surface area contributed by atoms with E-state index in [-0.39, 0.29) is 0 Å². The summed E-state index contributed by atoms with van der Waals surface area (Å²) in [5.41, 5.74) is 4.30. The van der Waals surface area contributed by atoms with Gasteiger partial charge in [-0.25, -0.2) is 4.98 Å². The predicted octanol–water partition coefficient (Wildman–Crippen LogP) is 4.08. The minimum absolute atomic E-state index is 0.579. The second kappa shape index (κ2) is 3.08. The number of benzene rings is 1. The van der Waals surface area contributed by atoms with Crippen molar-refractivity contribution in [1.82, 2.24) is 4.98 Å². The first-order valence-electron chi connectivity index (χ1n) is 5.23. The lowest BCUT2D eigenvalue weighted by Crippen LogP contribution is -1.83. The highest BCUT2D eigenvalue weighted by molar-refractivity contribution is 9.10. The largest absolute Gasteiger partial charge is 0.440 e. The van der Waals surface area contributed by atoms with Gasteiger partial charge in [-0.15, -0.1) is 0 Å². The first-order chi connectivity index (χ1) is 7.16. The molecule has 1 heterocycles. The molecule has 0 amide bonds. The van der Waals surface area contributed by atoms with Crippen LogP contribution in [0.1, 0.15) is 35.8 Å². The molecule has 78 valence electrons. The molecule has 0 aliphatic heterocycles. The van der Waals surface area contributed by atoms with Gasteiger partial charge in [0.25, 0.3) is 0 Å². The van der Waals surface area contributed by atoms with E-state index in [2.05, 4.69) is 40.8 Å². The minimum atomic E-state index is 0.579. The average molecular weight is 266 g/mol. The lowest BCUT2D eigenvalue weighted by molar-refractivity contribution is 0.531. The minimum Gasteiger partial charge on any atom is -0.440 e. The van der Waals surface area contributed by atoms with Gasteiger partial charge in [-0.1, -0.05) is 15.9 Å². The zero-order valence-electron chi connectivity index (χ0n) is 8.80. The van der Waals surface area contributed by atoms with Gasteiger partial charge in [0.1, 0.15) is 5.52 Å². The van der Waals surface area contributed by atoms with E-state index < -0.39 is 0 Å². The number of aromatic nitrogens is 1. The molecule has 0 N–H and O–H groups in total. The molecular weight excluding hydrogens is 254 g/mol. The SMILES string of the molecule is Cc1c(Br)cc(C)c2oc(C3CC3)nc12. The highest BCUT2D eigenvalue weighted by Crippen LogP contribution is 2.41. The van der Waals surface area contributed by atoms with Crippen molar-refractivity contribution in [1.29, 1.82) is 0 Å². The van der Waals surface area contributed by atoms with Crippen LogP contribution >= 0.6 is 15.9 Å². The Kier molecular flexibility index (Phi) is 1.93. The molecular formula is C12H12BrNO. The summed E-state index contributed by atoms with van der Waals surface area (Å²) in [6.45, 7) is 4.14. The van der Waals surface area contributed by atoms with Crippen LogP contribution in [0, 0.1) is 13.8 Å². The van der Waals surface area contributed by atoms with Crippen LogP contribution in [-0.4, -0.2) is 4.98 Å². The van der Waals surface area contributed by atoms with E-state index in [1.165, 1.54) is 18.4 Å². The van der Waals surface area contributed by atoms with Gasteiger partial charge in [-0.05, 0) is 43.9 Å². The fraction of sp³-hybridized carbons (Fsp3) is 0.417. The van der Waals surface area contributed by atoms with Crippen LogP contribution in [0.3, 0.4) is 0 Å². The Morgan fingerprint density at radius 2 is 2.13 bits per heavy atom. The fourth-order valence-electron chi connectivity index (χ4n) is 1.84. The fourth-order valence-corrected chi connectivity index (χ4v) is 2.37. The Hall–Kier alpha value is -0.830. The molecule has 1 aromatic carbocycles.